The van der Waals surface area contributed by atoms with E-state index in [9.17, 15) is 5.11 Å². The minimum Gasteiger partial charge on any atom is -0.508 e. The summed E-state index contributed by atoms with van der Waals surface area (Å²) in [6, 6.07) is 5.36. The Morgan fingerprint density at radius 2 is 1.59 bits per heavy atom. The van der Waals surface area contributed by atoms with Gasteiger partial charge in [-0.1, -0.05) is 52.0 Å². The number of likely N-dealkylation sites (tertiary alicyclic amines) is 1. The summed E-state index contributed by atoms with van der Waals surface area (Å²) in [7, 11) is 2.35. The van der Waals surface area contributed by atoms with Gasteiger partial charge in [0, 0.05) is 17.0 Å². The standard InChI is InChI=1S/C25H37NO/c1-23(9-5-4-6-10-23)20-15-18-16-22-24(2)11-7-8-12-25(24,13-14-26(22)3)19(18)17-21(20)27/h15,17,22,27H,4-14,16H2,1-3H3/t22-,24+,25+/m0/s1. The van der Waals surface area contributed by atoms with Gasteiger partial charge in [0.05, 0.1) is 0 Å². The van der Waals surface area contributed by atoms with Gasteiger partial charge in [0.15, 0.2) is 0 Å². The molecule has 1 N–H and O–H groups in total. The van der Waals surface area contributed by atoms with Gasteiger partial charge >= 0.3 is 0 Å². The number of fused-ring (bicyclic) bond motifs is 1. The first kappa shape index (κ1) is 18.0. The highest BCUT2D eigenvalue weighted by atomic mass is 16.3. The van der Waals surface area contributed by atoms with E-state index in [2.05, 4.69) is 37.9 Å². The Morgan fingerprint density at radius 3 is 2.37 bits per heavy atom. The van der Waals surface area contributed by atoms with Gasteiger partial charge < -0.3 is 10.0 Å². The van der Waals surface area contributed by atoms with Gasteiger partial charge in [-0.2, -0.15) is 0 Å². The summed E-state index contributed by atoms with van der Waals surface area (Å²) in [5.74, 6) is 0.595. The van der Waals surface area contributed by atoms with E-state index in [-0.39, 0.29) is 5.41 Å². The SMILES string of the molecule is CN1CC[C@@]23CCCC[C@]2(C)[C@@H]1Cc1cc(C2(C)CCCCC2)c(O)cc13. The Balaban J connectivity index is 1.66. The van der Waals surface area contributed by atoms with E-state index < -0.39 is 0 Å². The number of nitrogens with zero attached hydrogens (tertiary/aromatic N) is 1. The van der Waals surface area contributed by atoms with Gasteiger partial charge in [-0.15, -0.1) is 0 Å². The fourth-order valence-corrected chi connectivity index (χ4v) is 7.85. The number of likely N-dealkylation sites (N-methyl/N-ethyl adjacent to an activating group) is 1. The number of benzene rings is 1. The number of hydrogen-bond donors (Lipinski definition) is 1. The average molecular weight is 368 g/mol. The quantitative estimate of drug-likeness (QED) is 0.689. The summed E-state index contributed by atoms with van der Waals surface area (Å²) in [6.07, 6.45) is 14.3. The van der Waals surface area contributed by atoms with Crippen LogP contribution in [0.5, 0.6) is 5.75 Å². The Labute approximate surface area is 165 Å². The number of phenols is 1. The summed E-state index contributed by atoms with van der Waals surface area (Å²) >= 11 is 0. The largest absolute Gasteiger partial charge is 0.508 e. The highest BCUT2D eigenvalue weighted by Gasteiger charge is 2.60. The molecule has 148 valence electrons. The summed E-state index contributed by atoms with van der Waals surface area (Å²) in [5.41, 5.74) is 5.16. The summed E-state index contributed by atoms with van der Waals surface area (Å²) in [6.45, 7) is 6.18. The fourth-order valence-electron chi connectivity index (χ4n) is 7.85. The van der Waals surface area contributed by atoms with Gasteiger partial charge in [0.2, 0.25) is 0 Å². The van der Waals surface area contributed by atoms with Crippen LogP contribution in [0, 0.1) is 5.41 Å². The minimum atomic E-state index is 0.170. The van der Waals surface area contributed by atoms with E-state index in [1.54, 1.807) is 5.56 Å². The number of piperidine rings is 1. The molecule has 1 saturated heterocycles. The molecule has 1 aromatic rings. The van der Waals surface area contributed by atoms with Gasteiger partial charge in [-0.05, 0) is 80.1 Å². The lowest BCUT2D eigenvalue weighted by Crippen LogP contribution is -2.66. The van der Waals surface area contributed by atoms with Crippen LogP contribution in [0.3, 0.4) is 0 Å². The minimum absolute atomic E-state index is 0.170. The van der Waals surface area contributed by atoms with Crippen LogP contribution in [-0.4, -0.2) is 29.6 Å². The van der Waals surface area contributed by atoms with Crippen molar-refractivity contribution in [1.29, 1.82) is 0 Å². The number of rotatable bonds is 1. The van der Waals surface area contributed by atoms with Crippen molar-refractivity contribution in [2.75, 3.05) is 13.6 Å². The molecule has 2 heteroatoms. The highest BCUT2D eigenvalue weighted by molar-refractivity contribution is 5.52. The van der Waals surface area contributed by atoms with Crippen LogP contribution in [0.15, 0.2) is 12.1 Å². The monoisotopic (exact) mass is 367 g/mol. The van der Waals surface area contributed by atoms with Gasteiger partial charge in [-0.25, -0.2) is 0 Å². The van der Waals surface area contributed by atoms with Crippen molar-refractivity contribution < 1.29 is 5.11 Å². The zero-order valence-corrected chi connectivity index (χ0v) is 17.6. The van der Waals surface area contributed by atoms with Crippen molar-refractivity contribution in [2.45, 2.75) is 101 Å². The summed E-state index contributed by atoms with van der Waals surface area (Å²) in [5, 5.41) is 11.2. The first-order chi connectivity index (χ1) is 12.9. The molecule has 0 spiro atoms. The van der Waals surface area contributed by atoms with E-state index >= 15 is 0 Å². The van der Waals surface area contributed by atoms with Crippen molar-refractivity contribution in [2.24, 2.45) is 5.41 Å². The van der Waals surface area contributed by atoms with E-state index in [4.69, 9.17) is 0 Å². The zero-order valence-electron chi connectivity index (χ0n) is 17.6. The first-order valence-corrected chi connectivity index (χ1v) is 11.5. The van der Waals surface area contributed by atoms with Crippen molar-refractivity contribution in [3.8, 4) is 5.75 Å². The highest BCUT2D eigenvalue weighted by Crippen LogP contribution is 2.63. The fraction of sp³-hybridized carbons (Fsp3) is 0.760. The molecule has 2 nitrogen and oxygen atoms in total. The molecule has 1 aromatic carbocycles. The number of aromatic hydroxyl groups is 1. The Kier molecular flexibility index (Phi) is 4.00. The third kappa shape index (κ3) is 2.35. The first-order valence-electron chi connectivity index (χ1n) is 11.5. The smallest absolute Gasteiger partial charge is 0.119 e. The molecule has 0 amide bonds. The van der Waals surface area contributed by atoms with Gasteiger partial charge in [0.1, 0.15) is 5.75 Å². The average Bonchev–Trinajstić information content (AvgIpc) is 2.65. The maximum atomic E-state index is 11.2. The molecule has 3 atom stereocenters. The maximum Gasteiger partial charge on any atom is 0.119 e. The van der Waals surface area contributed by atoms with E-state index in [0.717, 1.165) is 0 Å². The second-order valence-electron chi connectivity index (χ2n) is 10.8. The second kappa shape index (κ2) is 5.99. The number of hydrogen-bond acceptors (Lipinski definition) is 2. The zero-order chi connectivity index (χ0) is 18.9. The Hall–Kier alpha value is -1.02. The van der Waals surface area contributed by atoms with E-state index in [1.807, 2.05) is 0 Å². The van der Waals surface area contributed by atoms with Crippen LogP contribution in [-0.2, 0) is 17.3 Å². The molecular weight excluding hydrogens is 330 g/mol. The van der Waals surface area contributed by atoms with Crippen molar-refractivity contribution in [3.63, 3.8) is 0 Å². The maximum absolute atomic E-state index is 11.2. The van der Waals surface area contributed by atoms with Crippen LogP contribution >= 0.6 is 0 Å². The Morgan fingerprint density at radius 1 is 0.889 bits per heavy atom. The molecule has 27 heavy (non-hydrogen) atoms. The van der Waals surface area contributed by atoms with E-state index in [0.29, 0.717) is 22.6 Å². The van der Waals surface area contributed by atoms with Crippen LogP contribution in [0.25, 0.3) is 0 Å². The molecule has 0 unspecified atom stereocenters. The molecule has 1 aliphatic heterocycles. The van der Waals surface area contributed by atoms with Crippen LogP contribution in [0.4, 0.5) is 0 Å². The van der Waals surface area contributed by atoms with E-state index in [1.165, 1.54) is 88.3 Å². The third-order valence-corrected chi connectivity index (χ3v) is 9.56. The lowest BCUT2D eigenvalue weighted by atomic mass is 9.44. The second-order valence-corrected chi connectivity index (χ2v) is 10.8. The van der Waals surface area contributed by atoms with Crippen molar-refractivity contribution in [1.82, 2.24) is 4.90 Å². The Bertz CT molecular complexity index is 749. The number of phenolic OH excluding ortho intramolecular Hbond substituents is 1. The van der Waals surface area contributed by atoms with Crippen molar-refractivity contribution in [3.05, 3.63) is 28.8 Å². The predicted molar refractivity (Wildman–Crippen MR) is 112 cm³/mol. The van der Waals surface area contributed by atoms with Gasteiger partial charge in [0.25, 0.3) is 0 Å². The molecule has 3 aliphatic carbocycles. The molecule has 1 heterocycles. The van der Waals surface area contributed by atoms with Crippen LogP contribution in [0.2, 0.25) is 0 Å². The summed E-state index contributed by atoms with van der Waals surface area (Å²) < 4.78 is 0. The molecule has 3 fully saturated rings. The molecule has 0 radical (unpaired) electrons. The molecule has 2 bridgehead atoms. The molecule has 5 rings (SSSR count). The lowest BCUT2D eigenvalue weighted by molar-refractivity contribution is -0.0736. The molecular formula is C25H37NO. The third-order valence-electron chi connectivity index (χ3n) is 9.56. The normalized spacial score (nSPS) is 38.1. The van der Waals surface area contributed by atoms with Gasteiger partial charge in [-0.3, -0.25) is 0 Å². The predicted octanol–water partition coefficient (Wildman–Crippen LogP) is 5.69. The van der Waals surface area contributed by atoms with Crippen LogP contribution < -0.4 is 0 Å². The molecule has 0 aromatic heterocycles. The topological polar surface area (TPSA) is 23.5 Å². The summed E-state index contributed by atoms with van der Waals surface area (Å²) in [4.78, 5) is 2.65. The van der Waals surface area contributed by atoms with Crippen LogP contribution in [0.1, 0.15) is 94.7 Å². The lowest BCUT2D eigenvalue weighted by Gasteiger charge is -2.65. The molecule has 2 saturated carbocycles. The molecule has 4 aliphatic rings. The van der Waals surface area contributed by atoms with Crippen molar-refractivity contribution >= 4 is 0 Å².